The molecule has 0 atom stereocenters. The topological polar surface area (TPSA) is 85.1 Å². The van der Waals surface area contributed by atoms with Gasteiger partial charge < -0.3 is 5.73 Å². The molecule has 0 saturated heterocycles. The van der Waals surface area contributed by atoms with Gasteiger partial charge in [-0.15, -0.1) is 0 Å². The van der Waals surface area contributed by atoms with Gasteiger partial charge in [-0.3, -0.25) is 4.72 Å². The number of pyridine rings is 1. The van der Waals surface area contributed by atoms with E-state index in [1.807, 2.05) is 6.92 Å². The second-order valence-electron chi connectivity index (χ2n) is 4.43. The molecule has 2 aromatic rings. The number of aromatic nitrogens is 1. The van der Waals surface area contributed by atoms with E-state index < -0.39 is 10.0 Å². The molecule has 0 aliphatic rings. The Morgan fingerprint density at radius 1 is 1.30 bits per heavy atom. The van der Waals surface area contributed by atoms with Crippen molar-refractivity contribution < 1.29 is 8.42 Å². The lowest BCUT2D eigenvalue weighted by Crippen LogP contribution is -2.15. The SMILES string of the molecule is Cc1cc(NS(=O)(=O)Cc2ccc(N)cc2)cnc1Br. The van der Waals surface area contributed by atoms with Crippen LogP contribution in [-0.2, 0) is 15.8 Å². The zero-order chi connectivity index (χ0) is 14.8. The number of aryl methyl sites for hydroxylation is 1. The van der Waals surface area contributed by atoms with Gasteiger partial charge in [0.15, 0.2) is 0 Å². The van der Waals surface area contributed by atoms with Gasteiger partial charge in [-0.1, -0.05) is 12.1 Å². The molecule has 5 nitrogen and oxygen atoms in total. The average Bonchev–Trinajstić information content (AvgIpc) is 2.36. The van der Waals surface area contributed by atoms with Crippen LogP contribution in [0.5, 0.6) is 0 Å². The van der Waals surface area contributed by atoms with Crippen LogP contribution >= 0.6 is 15.9 Å². The second kappa shape index (κ2) is 5.80. The van der Waals surface area contributed by atoms with Crippen LogP contribution in [0.1, 0.15) is 11.1 Å². The monoisotopic (exact) mass is 355 g/mol. The van der Waals surface area contributed by atoms with Crippen molar-refractivity contribution in [1.29, 1.82) is 0 Å². The molecular formula is C13H14BrN3O2S. The molecule has 2 rings (SSSR count). The number of benzene rings is 1. The molecule has 7 heteroatoms. The highest BCUT2D eigenvalue weighted by molar-refractivity contribution is 9.10. The fourth-order valence-electron chi connectivity index (χ4n) is 1.66. The lowest BCUT2D eigenvalue weighted by molar-refractivity contribution is 0.600. The molecule has 1 heterocycles. The van der Waals surface area contributed by atoms with Crippen molar-refractivity contribution in [2.45, 2.75) is 12.7 Å². The fourth-order valence-corrected chi connectivity index (χ4v) is 3.05. The third kappa shape index (κ3) is 3.94. The number of nitrogens with two attached hydrogens (primary N) is 1. The van der Waals surface area contributed by atoms with Gasteiger partial charge in [-0.05, 0) is 52.2 Å². The number of anilines is 2. The van der Waals surface area contributed by atoms with Crippen LogP contribution in [-0.4, -0.2) is 13.4 Å². The molecule has 0 saturated carbocycles. The molecule has 0 aliphatic carbocycles. The highest BCUT2D eigenvalue weighted by Gasteiger charge is 2.12. The molecule has 0 aliphatic heterocycles. The zero-order valence-corrected chi connectivity index (χ0v) is 13.2. The van der Waals surface area contributed by atoms with Gasteiger partial charge >= 0.3 is 0 Å². The molecule has 1 aromatic heterocycles. The van der Waals surface area contributed by atoms with Crippen LogP contribution in [0.2, 0.25) is 0 Å². The summed E-state index contributed by atoms with van der Waals surface area (Å²) in [4.78, 5) is 4.05. The molecule has 3 N–H and O–H groups in total. The van der Waals surface area contributed by atoms with Crippen molar-refractivity contribution in [3.63, 3.8) is 0 Å². The summed E-state index contributed by atoms with van der Waals surface area (Å²) in [5.41, 5.74) is 8.15. The number of hydrogen-bond donors (Lipinski definition) is 2. The Morgan fingerprint density at radius 3 is 2.55 bits per heavy atom. The van der Waals surface area contributed by atoms with Crippen molar-refractivity contribution >= 4 is 37.3 Å². The van der Waals surface area contributed by atoms with Crippen LogP contribution < -0.4 is 10.5 Å². The maximum absolute atomic E-state index is 12.1. The van der Waals surface area contributed by atoms with Crippen LogP contribution in [0.4, 0.5) is 11.4 Å². The Morgan fingerprint density at radius 2 is 1.95 bits per heavy atom. The molecule has 0 amide bonds. The van der Waals surface area contributed by atoms with Crippen LogP contribution in [0, 0.1) is 6.92 Å². The van der Waals surface area contributed by atoms with E-state index in [4.69, 9.17) is 5.73 Å². The van der Waals surface area contributed by atoms with Gasteiger partial charge in [0.2, 0.25) is 10.0 Å². The van der Waals surface area contributed by atoms with E-state index in [0.29, 0.717) is 21.5 Å². The number of sulfonamides is 1. The lowest BCUT2D eigenvalue weighted by Gasteiger charge is -2.09. The highest BCUT2D eigenvalue weighted by atomic mass is 79.9. The minimum Gasteiger partial charge on any atom is -0.399 e. The number of nitrogen functional groups attached to an aromatic ring is 1. The summed E-state index contributed by atoms with van der Waals surface area (Å²) in [7, 11) is -3.48. The molecule has 0 fully saturated rings. The van der Waals surface area contributed by atoms with Gasteiger partial charge in [-0.2, -0.15) is 0 Å². The largest absolute Gasteiger partial charge is 0.399 e. The number of hydrogen-bond acceptors (Lipinski definition) is 4. The quantitative estimate of drug-likeness (QED) is 0.652. The number of nitrogens with one attached hydrogen (secondary N) is 1. The second-order valence-corrected chi connectivity index (χ2v) is 6.91. The third-order valence-corrected chi connectivity index (χ3v) is 4.71. The first kappa shape index (κ1) is 14.8. The summed E-state index contributed by atoms with van der Waals surface area (Å²) < 4.78 is 27.3. The van der Waals surface area contributed by atoms with Gasteiger partial charge in [0.1, 0.15) is 4.60 Å². The number of rotatable bonds is 4. The summed E-state index contributed by atoms with van der Waals surface area (Å²) in [6.45, 7) is 1.84. The first-order chi connectivity index (χ1) is 9.35. The molecule has 0 unspecified atom stereocenters. The van der Waals surface area contributed by atoms with Crippen molar-refractivity contribution in [1.82, 2.24) is 4.98 Å². The van der Waals surface area contributed by atoms with Crippen LogP contribution in [0.25, 0.3) is 0 Å². The summed E-state index contributed by atoms with van der Waals surface area (Å²) in [6, 6.07) is 8.46. The summed E-state index contributed by atoms with van der Waals surface area (Å²) in [6.07, 6.45) is 1.47. The predicted molar refractivity (Wildman–Crippen MR) is 83.8 cm³/mol. The van der Waals surface area contributed by atoms with Gasteiger partial charge in [0.25, 0.3) is 0 Å². The number of nitrogens with zero attached hydrogens (tertiary/aromatic N) is 1. The van der Waals surface area contributed by atoms with E-state index in [0.717, 1.165) is 5.56 Å². The Labute approximate surface area is 126 Å². The summed E-state index contributed by atoms with van der Waals surface area (Å²) in [5.74, 6) is -0.109. The lowest BCUT2D eigenvalue weighted by atomic mass is 10.2. The Kier molecular flexibility index (Phi) is 4.29. The molecule has 106 valence electrons. The maximum Gasteiger partial charge on any atom is 0.236 e. The summed E-state index contributed by atoms with van der Waals surface area (Å²) in [5, 5.41) is 0. The van der Waals surface area contributed by atoms with Crippen molar-refractivity contribution in [3.8, 4) is 0 Å². The molecule has 20 heavy (non-hydrogen) atoms. The van der Waals surface area contributed by atoms with Crippen LogP contribution in [0.15, 0.2) is 41.1 Å². The van der Waals surface area contributed by atoms with Gasteiger partial charge in [0.05, 0.1) is 17.6 Å². The van der Waals surface area contributed by atoms with E-state index in [9.17, 15) is 8.42 Å². The van der Waals surface area contributed by atoms with E-state index >= 15 is 0 Å². The smallest absolute Gasteiger partial charge is 0.236 e. The van der Waals surface area contributed by atoms with Crippen molar-refractivity contribution in [2.75, 3.05) is 10.5 Å². The molecule has 0 radical (unpaired) electrons. The first-order valence-electron chi connectivity index (χ1n) is 5.83. The van der Waals surface area contributed by atoms with E-state index in [1.165, 1.54) is 6.20 Å². The minimum atomic E-state index is -3.48. The van der Waals surface area contributed by atoms with E-state index in [2.05, 4.69) is 25.6 Å². The van der Waals surface area contributed by atoms with Gasteiger partial charge in [-0.25, -0.2) is 13.4 Å². The van der Waals surface area contributed by atoms with Gasteiger partial charge in [0, 0.05) is 5.69 Å². The fraction of sp³-hybridized carbons (Fsp3) is 0.154. The van der Waals surface area contributed by atoms with Crippen molar-refractivity contribution in [3.05, 3.63) is 52.3 Å². The predicted octanol–water partition coefficient (Wildman–Crippen LogP) is 2.68. The standard InChI is InChI=1S/C13H14BrN3O2S/c1-9-6-12(7-16-13(9)14)17-20(18,19)8-10-2-4-11(15)5-3-10/h2-7,17H,8,15H2,1H3. The Balaban J connectivity index is 2.14. The van der Waals surface area contributed by atoms with Crippen LogP contribution in [0.3, 0.4) is 0 Å². The Hall–Kier alpha value is -1.60. The maximum atomic E-state index is 12.1. The summed E-state index contributed by atoms with van der Waals surface area (Å²) >= 11 is 3.27. The van der Waals surface area contributed by atoms with Crippen molar-refractivity contribution in [2.24, 2.45) is 0 Å². The zero-order valence-electron chi connectivity index (χ0n) is 10.8. The third-order valence-electron chi connectivity index (χ3n) is 2.62. The van der Waals surface area contributed by atoms with E-state index in [1.54, 1.807) is 30.3 Å². The number of halogens is 1. The molecule has 0 spiro atoms. The Bertz CT molecular complexity index is 715. The average molecular weight is 356 g/mol. The molecule has 0 bridgehead atoms. The highest BCUT2D eigenvalue weighted by Crippen LogP contribution is 2.19. The minimum absolute atomic E-state index is 0.109. The first-order valence-corrected chi connectivity index (χ1v) is 8.27. The normalized spacial score (nSPS) is 11.3. The molecular weight excluding hydrogens is 342 g/mol. The van der Waals surface area contributed by atoms with E-state index in [-0.39, 0.29) is 5.75 Å². The molecule has 1 aromatic carbocycles.